The van der Waals surface area contributed by atoms with E-state index in [0.717, 1.165) is 12.8 Å². The van der Waals surface area contributed by atoms with E-state index in [-0.39, 0.29) is 11.7 Å². The third-order valence-electron chi connectivity index (χ3n) is 4.35. The quantitative estimate of drug-likeness (QED) is 0.678. The second-order valence-corrected chi connectivity index (χ2v) is 9.20. The molecule has 0 amide bonds. The van der Waals surface area contributed by atoms with Gasteiger partial charge in [0.1, 0.15) is 10.0 Å². The number of hydrogen-bond donors (Lipinski definition) is 0. The summed E-state index contributed by atoms with van der Waals surface area (Å²) in [7, 11) is -3.49. The Morgan fingerprint density at radius 3 is 2.73 bits per heavy atom. The SMILES string of the molecule is O=S(=O)(c1cccs1)N1CCCC(c2nnc(-c3ccc(F)cc3)o2)C1. The van der Waals surface area contributed by atoms with Crippen LogP contribution in [0.5, 0.6) is 0 Å². The number of nitrogens with zero attached hydrogens (tertiary/aromatic N) is 3. The first kappa shape index (κ1) is 17.3. The van der Waals surface area contributed by atoms with Gasteiger partial charge in [-0.15, -0.1) is 21.5 Å². The molecule has 0 radical (unpaired) electrons. The fourth-order valence-electron chi connectivity index (χ4n) is 3.01. The summed E-state index contributed by atoms with van der Waals surface area (Å²) in [5, 5.41) is 9.86. The van der Waals surface area contributed by atoms with Crippen LogP contribution in [-0.2, 0) is 10.0 Å². The van der Waals surface area contributed by atoms with Gasteiger partial charge in [-0.25, -0.2) is 12.8 Å². The molecule has 0 bridgehead atoms. The molecule has 0 saturated carbocycles. The molecule has 136 valence electrons. The normalized spacial score (nSPS) is 18.9. The van der Waals surface area contributed by atoms with E-state index in [1.165, 1.54) is 27.8 Å². The molecule has 1 aromatic carbocycles. The largest absolute Gasteiger partial charge is 0.420 e. The Hall–Kier alpha value is -2.10. The van der Waals surface area contributed by atoms with Gasteiger partial charge in [-0.1, -0.05) is 6.07 Å². The van der Waals surface area contributed by atoms with Crippen LogP contribution in [0.2, 0.25) is 0 Å². The van der Waals surface area contributed by atoms with Gasteiger partial charge >= 0.3 is 0 Å². The first-order valence-corrected chi connectivity index (χ1v) is 10.5. The Labute approximate surface area is 154 Å². The first-order chi connectivity index (χ1) is 12.5. The Balaban J connectivity index is 1.54. The molecule has 1 atom stereocenters. The van der Waals surface area contributed by atoms with Crippen LogP contribution in [-0.4, -0.2) is 36.0 Å². The van der Waals surface area contributed by atoms with Crippen LogP contribution in [0.25, 0.3) is 11.5 Å². The summed E-state index contributed by atoms with van der Waals surface area (Å²) in [4.78, 5) is 0. The zero-order valence-electron chi connectivity index (χ0n) is 13.7. The molecule has 9 heteroatoms. The van der Waals surface area contributed by atoms with Crippen LogP contribution in [0.15, 0.2) is 50.4 Å². The van der Waals surface area contributed by atoms with Crippen LogP contribution in [0.1, 0.15) is 24.7 Å². The monoisotopic (exact) mass is 393 g/mol. The maximum atomic E-state index is 13.0. The van der Waals surface area contributed by atoms with Crippen molar-refractivity contribution in [3.8, 4) is 11.5 Å². The van der Waals surface area contributed by atoms with Crippen molar-refractivity contribution < 1.29 is 17.2 Å². The lowest BCUT2D eigenvalue weighted by atomic mass is 10.00. The molecule has 1 unspecified atom stereocenters. The Morgan fingerprint density at radius 1 is 1.19 bits per heavy atom. The van der Waals surface area contributed by atoms with Crippen LogP contribution < -0.4 is 0 Å². The van der Waals surface area contributed by atoms with E-state index in [1.807, 2.05) is 0 Å². The van der Waals surface area contributed by atoms with Gasteiger partial charge in [0.25, 0.3) is 10.0 Å². The van der Waals surface area contributed by atoms with Crippen molar-refractivity contribution in [2.24, 2.45) is 0 Å². The number of benzene rings is 1. The Kier molecular flexibility index (Phi) is 4.60. The van der Waals surface area contributed by atoms with E-state index in [0.29, 0.717) is 34.6 Å². The summed E-state index contributed by atoms with van der Waals surface area (Å²) >= 11 is 1.21. The highest BCUT2D eigenvalue weighted by molar-refractivity contribution is 7.91. The highest BCUT2D eigenvalue weighted by atomic mass is 32.2. The molecular weight excluding hydrogens is 377 g/mol. The molecule has 4 rings (SSSR count). The first-order valence-electron chi connectivity index (χ1n) is 8.17. The summed E-state index contributed by atoms with van der Waals surface area (Å²) < 4.78 is 46.0. The van der Waals surface area contributed by atoms with Crippen molar-refractivity contribution in [1.29, 1.82) is 0 Å². The van der Waals surface area contributed by atoms with Gasteiger partial charge < -0.3 is 4.42 Å². The summed E-state index contributed by atoms with van der Waals surface area (Å²) in [6.07, 6.45) is 1.51. The number of hydrogen-bond acceptors (Lipinski definition) is 6. The summed E-state index contributed by atoms with van der Waals surface area (Å²) in [5.74, 6) is 0.226. The number of sulfonamides is 1. The molecule has 1 aliphatic rings. The minimum atomic E-state index is -3.49. The number of rotatable bonds is 4. The van der Waals surface area contributed by atoms with Gasteiger partial charge in [-0.2, -0.15) is 4.31 Å². The molecule has 0 aliphatic carbocycles. The van der Waals surface area contributed by atoms with E-state index in [9.17, 15) is 12.8 Å². The van der Waals surface area contributed by atoms with E-state index in [1.54, 1.807) is 29.6 Å². The van der Waals surface area contributed by atoms with E-state index < -0.39 is 10.0 Å². The van der Waals surface area contributed by atoms with E-state index >= 15 is 0 Å². The zero-order chi connectivity index (χ0) is 18.1. The summed E-state index contributed by atoms with van der Waals surface area (Å²) in [6, 6.07) is 9.14. The molecule has 1 fully saturated rings. The lowest BCUT2D eigenvalue weighted by Gasteiger charge is -2.29. The Bertz CT molecular complexity index is 985. The molecule has 3 heterocycles. The van der Waals surface area contributed by atoms with Gasteiger partial charge in [0, 0.05) is 18.7 Å². The van der Waals surface area contributed by atoms with Gasteiger partial charge in [0.15, 0.2) is 0 Å². The molecule has 1 saturated heterocycles. The third kappa shape index (κ3) is 3.29. The predicted molar refractivity (Wildman–Crippen MR) is 94.7 cm³/mol. The number of piperidine rings is 1. The standard InChI is InChI=1S/C17H16FN3O3S2/c18-14-7-5-12(6-8-14)16-19-20-17(24-16)13-3-1-9-21(11-13)26(22,23)15-4-2-10-25-15/h2,4-8,10,13H,1,3,9,11H2. The van der Waals surface area contributed by atoms with Gasteiger partial charge in [0.05, 0.1) is 5.92 Å². The third-order valence-corrected chi connectivity index (χ3v) is 7.59. The highest BCUT2D eigenvalue weighted by Gasteiger charge is 2.33. The van der Waals surface area contributed by atoms with Crippen LogP contribution in [0.3, 0.4) is 0 Å². The van der Waals surface area contributed by atoms with Crippen molar-refractivity contribution >= 4 is 21.4 Å². The molecule has 6 nitrogen and oxygen atoms in total. The highest BCUT2D eigenvalue weighted by Crippen LogP contribution is 2.32. The second-order valence-electron chi connectivity index (χ2n) is 6.09. The molecule has 0 spiro atoms. The second kappa shape index (κ2) is 6.90. The van der Waals surface area contributed by atoms with Crippen LogP contribution in [0, 0.1) is 5.82 Å². The fraction of sp³-hybridized carbons (Fsp3) is 0.294. The minimum Gasteiger partial charge on any atom is -0.420 e. The smallest absolute Gasteiger partial charge is 0.252 e. The number of halogens is 1. The Morgan fingerprint density at radius 2 is 2.00 bits per heavy atom. The topological polar surface area (TPSA) is 76.3 Å². The van der Waals surface area contributed by atoms with Crippen molar-refractivity contribution in [1.82, 2.24) is 14.5 Å². The number of thiophene rings is 1. The summed E-state index contributed by atoms with van der Waals surface area (Å²) in [5.41, 5.74) is 0.629. The van der Waals surface area contributed by atoms with E-state index in [4.69, 9.17) is 4.42 Å². The lowest BCUT2D eigenvalue weighted by Crippen LogP contribution is -2.38. The fourth-order valence-corrected chi connectivity index (χ4v) is 5.68. The molecule has 1 aliphatic heterocycles. The van der Waals surface area contributed by atoms with Crippen molar-refractivity contribution in [3.63, 3.8) is 0 Å². The zero-order valence-corrected chi connectivity index (χ0v) is 15.3. The maximum absolute atomic E-state index is 13.0. The van der Waals surface area contributed by atoms with E-state index in [2.05, 4.69) is 10.2 Å². The average Bonchev–Trinajstić information content (AvgIpc) is 3.35. The van der Waals surface area contributed by atoms with Gasteiger partial charge in [0.2, 0.25) is 11.8 Å². The molecular formula is C17H16FN3O3S2. The van der Waals surface area contributed by atoms with Crippen LogP contribution in [0.4, 0.5) is 4.39 Å². The van der Waals surface area contributed by atoms with Crippen LogP contribution >= 0.6 is 11.3 Å². The molecule has 0 N–H and O–H groups in total. The number of aromatic nitrogens is 2. The van der Waals surface area contributed by atoms with Crippen molar-refractivity contribution in [2.45, 2.75) is 23.0 Å². The predicted octanol–water partition coefficient (Wildman–Crippen LogP) is 3.51. The van der Waals surface area contributed by atoms with Gasteiger partial charge in [-0.3, -0.25) is 0 Å². The molecule has 2 aromatic heterocycles. The minimum absolute atomic E-state index is 0.153. The molecule has 3 aromatic rings. The lowest BCUT2D eigenvalue weighted by molar-refractivity contribution is 0.286. The average molecular weight is 393 g/mol. The molecule has 26 heavy (non-hydrogen) atoms. The van der Waals surface area contributed by atoms with Gasteiger partial charge in [-0.05, 0) is 48.6 Å². The maximum Gasteiger partial charge on any atom is 0.252 e. The van der Waals surface area contributed by atoms with Crippen molar-refractivity contribution in [3.05, 3.63) is 53.5 Å². The summed E-state index contributed by atoms with van der Waals surface area (Å²) in [6.45, 7) is 0.793. The van der Waals surface area contributed by atoms with Crippen molar-refractivity contribution in [2.75, 3.05) is 13.1 Å².